The highest BCUT2D eigenvalue weighted by Gasteiger charge is 2.65. The Labute approximate surface area is 150 Å². The fraction of sp³-hybridized carbons (Fsp3) is 0.647. The van der Waals surface area contributed by atoms with Crippen LogP contribution in [0.2, 0.25) is 10.0 Å². The van der Waals surface area contributed by atoms with Gasteiger partial charge in [-0.15, -0.1) is 0 Å². The van der Waals surface area contributed by atoms with Crippen molar-refractivity contribution in [3.63, 3.8) is 0 Å². The summed E-state index contributed by atoms with van der Waals surface area (Å²) in [6.45, 7) is 7.09. The molecule has 2 aliphatic rings. The molecule has 0 N–H and O–H groups in total. The lowest BCUT2D eigenvalue weighted by atomic mass is 9.75. The highest BCUT2D eigenvalue weighted by Crippen LogP contribution is 2.57. The molecule has 3 rings (SSSR count). The fourth-order valence-electron chi connectivity index (χ4n) is 3.72. The monoisotopic (exact) mass is 406 g/mol. The number of fused-ring (bicyclic) bond motifs is 2. The molecule has 2 fully saturated rings. The summed E-state index contributed by atoms with van der Waals surface area (Å²) in [5.74, 6) is 0.450. The molecule has 0 spiro atoms. The van der Waals surface area contributed by atoms with Gasteiger partial charge in [-0.3, -0.25) is 0 Å². The lowest BCUT2D eigenvalue weighted by Crippen LogP contribution is -2.44. The number of hydrogen-bond donors (Lipinski definition) is 0. The van der Waals surface area contributed by atoms with Crippen molar-refractivity contribution >= 4 is 39.1 Å². The minimum Gasteiger partial charge on any atom is -0.370 e. The van der Waals surface area contributed by atoms with Gasteiger partial charge in [0.15, 0.2) is 0 Å². The molecule has 0 aliphatic carbocycles. The smallest absolute Gasteiger partial charge is 0.0936 e. The number of benzene rings is 1. The van der Waals surface area contributed by atoms with Crippen LogP contribution in [-0.4, -0.2) is 22.1 Å². The van der Waals surface area contributed by atoms with Gasteiger partial charge in [-0.25, -0.2) is 0 Å². The summed E-state index contributed by atoms with van der Waals surface area (Å²) in [4.78, 5) is 0.393. The molecule has 5 heteroatoms. The average Bonchev–Trinajstić information content (AvgIpc) is 2.86. The summed E-state index contributed by atoms with van der Waals surface area (Å²) in [6.07, 6.45) is 1.99. The minimum absolute atomic E-state index is 0.0930. The number of alkyl halides is 1. The van der Waals surface area contributed by atoms with E-state index in [2.05, 4.69) is 36.7 Å². The van der Waals surface area contributed by atoms with Gasteiger partial charge in [0.2, 0.25) is 0 Å². The molecule has 2 nitrogen and oxygen atoms in total. The van der Waals surface area contributed by atoms with Gasteiger partial charge in [-0.2, -0.15) is 0 Å². The van der Waals surface area contributed by atoms with Crippen molar-refractivity contribution in [3.8, 4) is 0 Å². The van der Waals surface area contributed by atoms with Crippen LogP contribution in [0.1, 0.15) is 39.2 Å². The Balaban J connectivity index is 1.72. The molecule has 2 heterocycles. The summed E-state index contributed by atoms with van der Waals surface area (Å²) in [5, 5.41) is 1.29. The van der Waals surface area contributed by atoms with Crippen molar-refractivity contribution in [1.82, 2.24) is 0 Å². The molecule has 0 radical (unpaired) electrons. The highest BCUT2D eigenvalue weighted by molar-refractivity contribution is 9.09. The van der Waals surface area contributed by atoms with Gasteiger partial charge < -0.3 is 9.47 Å². The molecule has 0 amide bonds. The van der Waals surface area contributed by atoms with Crippen LogP contribution >= 0.6 is 39.1 Å². The van der Waals surface area contributed by atoms with Gasteiger partial charge in [-0.1, -0.05) is 59.0 Å². The first-order chi connectivity index (χ1) is 10.3. The second kappa shape index (κ2) is 5.93. The summed E-state index contributed by atoms with van der Waals surface area (Å²) in [7, 11) is 0. The van der Waals surface area contributed by atoms with Gasteiger partial charge in [0.1, 0.15) is 0 Å². The molecular weight excluding hydrogens is 387 g/mol. The zero-order valence-electron chi connectivity index (χ0n) is 13.0. The standard InChI is InChI=1S/C17H21BrCl2O2/c1-10(2)17-8-15(16(3,22-17)7-14(17)18)21-9-11-4-5-12(19)6-13(11)20/h4-6,10,14-15H,7-9H2,1-3H3/t14-,15+,16-,17+/m1/s1. The Kier molecular flexibility index (Phi) is 4.59. The number of ether oxygens (including phenoxy) is 2. The SMILES string of the molecule is CC(C)[C@@]12C[C@H](OCc3ccc(Cl)cc3Cl)[C@@](C)(C[C@H]1Br)O2. The second-order valence-corrected chi connectivity index (χ2v) is 8.88. The summed E-state index contributed by atoms with van der Waals surface area (Å²) in [6, 6.07) is 5.52. The molecule has 0 saturated carbocycles. The van der Waals surface area contributed by atoms with Crippen LogP contribution in [0.3, 0.4) is 0 Å². The van der Waals surface area contributed by atoms with Crippen LogP contribution in [0.4, 0.5) is 0 Å². The molecule has 122 valence electrons. The number of hydrogen-bond acceptors (Lipinski definition) is 2. The van der Waals surface area contributed by atoms with Crippen LogP contribution in [-0.2, 0) is 16.1 Å². The van der Waals surface area contributed by atoms with Gasteiger partial charge in [0.05, 0.1) is 23.9 Å². The van der Waals surface area contributed by atoms with Crippen LogP contribution in [0.5, 0.6) is 0 Å². The zero-order valence-corrected chi connectivity index (χ0v) is 16.1. The quantitative estimate of drug-likeness (QED) is 0.603. The molecule has 1 aromatic carbocycles. The van der Waals surface area contributed by atoms with Crippen molar-refractivity contribution in [2.75, 3.05) is 0 Å². The van der Waals surface area contributed by atoms with Gasteiger partial charge in [0, 0.05) is 21.3 Å². The van der Waals surface area contributed by atoms with Crippen molar-refractivity contribution in [1.29, 1.82) is 0 Å². The Bertz CT molecular complexity index is 580. The Morgan fingerprint density at radius 3 is 2.68 bits per heavy atom. The Hall–Kier alpha value is 0.200. The second-order valence-electron chi connectivity index (χ2n) is 6.94. The van der Waals surface area contributed by atoms with E-state index >= 15 is 0 Å². The molecule has 4 atom stereocenters. The Morgan fingerprint density at radius 1 is 1.36 bits per heavy atom. The number of halogens is 3. The topological polar surface area (TPSA) is 18.5 Å². The zero-order chi connectivity index (χ0) is 16.1. The lowest BCUT2D eigenvalue weighted by molar-refractivity contribution is -0.0955. The van der Waals surface area contributed by atoms with Gasteiger partial charge in [0.25, 0.3) is 0 Å². The van der Waals surface area contributed by atoms with E-state index in [-0.39, 0.29) is 17.3 Å². The molecule has 0 aromatic heterocycles. The predicted molar refractivity (Wildman–Crippen MR) is 94.0 cm³/mol. The average molecular weight is 408 g/mol. The first-order valence-corrected chi connectivity index (χ1v) is 9.34. The molecule has 0 unspecified atom stereocenters. The van der Waals surface area contributed by atoms with Crippen molar-refractivity contribution in [2.45, 2.75) is 62.4 Å². The predicted octanol–water partition coefficient (Wildman–Crippen LogP) is 5.62. The van der Waals surface area contributed by atoms with E-state index in [0.29, 0.717) is 27.4 Å². The molecular formula is C17H21BrCl2O2. The third-order valence-electron chi connectivity index (χ3n) is 5.16. The van der Waals surface area contributed by atoms with E-state index in [4.69, 9.17) is 32.7 Å². The normalized spacial score (nSPS) is 37.2. The van der Waals surface area contributed by atoms with Crippen molar-refractivity contribution in [3.05, 3.63) is 33.8 Å². The first kappa shape index (κ1) is 17.0. The van der Waals surface area contributed by atoms with E-state index in [1.807, 2.05) is 12.1 Å². The summed E-state index contributed by atoms with van der Waals surface area (Å²) in [5.41, 5.74) is 0.618. The molecule has 2 saturated heterocycles. The maximum atomic E-state index is 6.45. The number of rotatable bonds is 4. The fourth-order valence-corrected chi connectivity index (χ4v) is 5.64. The van der Waals surface area contributed by atoms with E-state index in [1.54, 1.807) is 6.07 Å². The van der Waals surface area contributed by atoms with Gasteiger partial charge in [-0.05, 0) is 37.0 Å². The van der Waals surface area contributed by atoms with Crippen LogP contribution < -0.4 is 0 Å². The first-order valence-electron chi connectivity index (χ1n) is 7.66. The maximum Gasteiger partial charge on any atom is 0.0936 e. The van der Waals surface area contributed by atoms with Crippen LogP contribution in [0, 0.1) is 5.92 Å². The van der Waals surface area contributed by atoms with Crippen molar-refractivity contribution in [2.24, 2.45) is 5.92 Å². The molecule has 22 heavy (non-hydrogen) atoms. The molecule has 1 aromatic rings. The summed E-state index contributed by atoms with van der Waals surface area (Å²) >= 11 is 16.0. The highest BCUT2D eigenvalue weighted by atomic mass is 79.9. The van der Waals surface area contributed by atoms with Gasteiger partial charge >= 0.3 is 0 Å². The van der Waals surface area contributed by atoms with Crippen LogP contribution in [0.25, 0.3) is 0 Å². The molecule has 2 aliphatic heterocycles. The molecule has 2 bridgehead atoms. The van der Waals surface area contributed by atoms with Crippen molar-refractivity contribution < 1.29 is 9.47 Å². The van der Waals surface area contributed by atoms with Crippen LogP contribution in [0.15, 0.2) is 18.2 Å². The minimum atomic E-state index is -0.225. The third-order valence-corrected chi connectivity index (χ3v) is 6.84. The maximum absolute atomic E-state index is 6.45. The largest absolute Gasteiger partial charge is 0.370 e. The van der Waals surface area contributed by atoms with E-state index in [9.17, 15) is 0 Å². The van der Waals surface area contributed by atoms with E-state index in [1.165, 1.54) is 0 Å². The lowest BCUT2D eigenvalue weighted by Gasteiger charge is -2.35. The Morgan fingerprint density at radius 2 is 2.09 bits per heavy atom. The third kappa shape index (κ3) is 2.73. The van der Waals surface area contributed by atoms with E-state index < -0.39 is 0 Å². The van der Waals surface area contributed by atoms with E-state index in [0.717, 1.165) is 18.4 Å². The summed E-state index contributed by atoms with van der Waals surface area (Å²) < 4.78 is 12.6.